The van der Waals surface area contributed by atoms with Crippen LogP contribution in [0.25, 0.3) is 0 Å². The van der Waals surface area contributed by atoms with Crippen LogP contribution in [0.1, 0.15) is 19.7 Å². The first-order chi connectivity index (χ1) is 11.4. The molecule has 7 nitrogen and oxygen atoms in total. The summed E-state index contributed by atoms with van der Waals surface area (Å²) in [6.07, 6.45) is 3.27. The number of aromatic nitrogens is 2. The lowest BCUT2D eigenvalue weighted by atomic mass is 10.2. The third-order valence-electron chi connectivity index (χ3n) is 3.29. The number of benzene rings is 1. The summed E-state index contributed by atoms with van der Waals surface area (Å²) < 4.78 is 13.8. The van der Waals surface area contributed by atoms with Crippen molar-refractivity contribution >= 4 is 23.3 Å². The van der Waals surface area contributed by atoms with Crippen LogP contribution in [0.4, 0.5) is 20.6 Å². The molecule has 1 heterocycles. The molecule has 0 aliphatic heterocycles. The summed E-state index contributed by atoms with van der Waals surface area (Å²) in [4.78, 5) is 32.2. The van der Waals surface area contributed by atoms with Gasteiger partial charge in [0.2, 0.25) is 5.91 Å². The molecule has 0 saturated carbocycles. The fourth-order valence-electron chi connectivity index (χ4n) is 1.88. The average Bonchev–Trinajstić information content (AvgIpc) is 3.03. The Hall–Kier alpha value is -2.90. The topological polar surface area (TPSA) is 90.1 Å². The molecule has 0 aliphatic rings. The van der Waals surface area contributed by atoms with Crippen LogP contribution >= 0.6 is 0 Å². The van der Waals surface area contributed by atoms with Crippen molar-refractivity contribution in [3.05, 3.63) is 42.2 Å². The lowest BCUT2D eigenvalue weighted by molar-refractivity contribution is -0.118. The molecule has 0 spiro atoms. The normalized spacial score (nSPS) is 10.5. The molecule has 0 aliphatic carbocycles. The quantitative estimate of drug-likeness (QED) is 0.786. The van der Waals surface area contributed by atoms with E-state index in [1.807, 2.05) is 0 Å². The Kier molecular flexibility index (Phi) is 5.51. The number of hydrogen-bond acceptors (Lipinski definition) is 3. The molecule has 0 radical (unpaired) electrons. The van der Waals surface area contributed by atoms with E-state index in [2.05, 4.69) is 20.6 Å². The Morgan fingerprint density at radius 2 is 2.08 bits per heavy atom. The van der Waals surface area contributed by atoms with Crippen molar-refractivity contribution < 1.29 is 14.0 Å². The van der Waals surface area contributed by atoms with E-state index < -0.39 is 5.82 Å². The van der Waals surface area contributed by atoms with E-state index in [9.17, 15) is 14.0 Å². The molecule has 0 fully saturated rings. The van der Waals surface area contributed by atoms with Gasteiger partial charge in [-0.15, -0.1) is 0 Å². The van der Waals surface area contributed by atoms with Crippen LogP contribution < -0.4 is 10.6 Å². The standard InChI is InChI=1S/C16H20FN5O2/c1-10(2)15(23)21-13-8-11(4-5-12(13)17)20-16(24)22(3)9-14-18-6-7-19-14/h4-8,10H,9H2,1-3H3,(H,18,19)(H,20,24)(H,21,23). The third kappa shape index (κ3) is 4.55. The van der Waals surface area contributed by atoms with Crippen LogP contribution in [0.2, 0.25) is 0 Å². The van der Waals surface area contributed by atoms with E-state index >= 15 is 0 Å². The summed E-state index contributed by atoms with van der Waals surface area (Å²) in [5.74, 6) is -0.489. The number of nitrogens with one attached hydrogen (secondary N) is 3. The molecule has 24 heavy (non-hydrogen) atoms. The highest BCUT2D eigenvalue weighted by Crippen LogP contribution is 2.20. The summed E-state index contributed by atoms with van der Waals surface area (Å²) in [6, 6.07) is 3.63. The maximum absolute atomic E-state index is 13.8. The highest BCUT2D eigenvalue weighted by atomic mass is 19.1. The zero-order valence-corrected chi connectivity index (χ0v) is 13.8. The Bertz CT molecular complexity index is 715. The Morgan fingerprint density at radius 3 is 2.71 bits per heavy atom. The fraction of sp³-hybridized carbons (Fsp3) is 0.312. The van der Waals surface area contributed by atoms with Crippen LogP contribution in [0.5, 0.6) is 0 Å². The predicted molar refractivity (Wildman–Crippen MR) is 88.9 cm³/mol. The number of hydrogen-bond donors (Lipinski definition) is 3. The number of H-pyrrole nitrogens is 1. The van der Waals surface area contributed by atoms with Crippen LogP contribution in [-0.2, 0) is 11.3 Å². The fourth-order valence-corrected chi connectivity index (χ4v) is 1.88. The van der Waals surface area contributed by atoms with Crippen molar-refractivity contribution in [3.63, 3.8) is 0 Å². The van der Waals surface area contributed by atoms with Gasteiger partial charge >= 0.3 is 6.03 Å². The second-order valence-electron chi connectivity index (χ2n) is 5.66. The Balaban J connectivity index is 2.03. The van der Waals surface area contributed by atoms with Gasteiger partial charge in [0.05, 0.1) is 12.2 Å². The van der Waals surface area contributed by atoms with Gasteiger partial charge in [0.15, 0.2) is 0 Å². The van der Waals surface area contributed by atoms with Crippen LogP contribution in [0.3, 0.4) is 0 Å². The summed E-state index contributed by atoms with van der Waals surface area (Å²) in [5, 5.41) is 5.15. The minimum atomic E-state index is -0.564. The molecule has 1 aromatic carbocycles. The van der Waals surface area contributed by atoms with Gasteiger partial charge < -0.3 is 20.5 Å². The number of nitrogens with zero attached hydrogens (tertiary/aromatic N) is 2. The maximum atomic E-state index is 13.8. The maximum Gasteiger partial charge on any atom is 0.321 e. The molecule has 2 rings (SSSR count). The summed E-state index contributed by atoms with van der Waals surface area (Å²) in [7, 11) is 1.61. The highest BCUT2D eigenvalue weighted by Gasteiger charge is 2.14. The van der Waals surface area contributed by atoms with Crippen molar-refractivity contribution in [2.45, 2.75) is 20.4 Å². The lowest BCUT2D eigenvalue weighted by Crippen LogP contribution is -2.31. The van der Waals surface area contributed by atoms with Crippen LogP contribution in [-0.4, -0.2) is 33.9 Å². The molecule has 0 saturated heterocycles. The molecular formula is C16H20FN5O2. The van der Waals surface area contributed by atoms with Gasteiger partial charge in [-0.05, 0) is 18.2 Å². The predicted octanol–water partition coefficient (Wildman–Crippen LogP) is 2.81. The first-order valence-electron chi connectivity index (χ1n) is 7.47. The SMILES string of the molecule is CC(C)C(=O)Nc1cc(NC(=O)N(C)Cc2ncc[nH]2)ccc1F. The number of imidazole rings is 1. The minimum Gasteiger partial charge on any atom is -0.347 e. The number of carbonyl (C=O) groups is 2. The number of amides is 3. The first-order valence-corrected chi connectivity index (χ1v) is 7.47. The zero-order valence-electron chi connectivity index (χ0n) is 13.8. The highest BCUT2D eigenvalue weighted by molar-refractivity contribution is 5.94. The van der Waals surface area contributed by atoms with Gasteiger partial charge in [0, 0.05) is 31.0 Å². The molecular weight excluding hydrogens is 313 g/mol. The number of carbonyl (C=O) groups excluding carboxylic acids is 2. The number of halogens is 1. The molecule has 0 bridgehead atoms. The Labute approximate surface area is 139 Å². The van der Waals surface area contributed by atoms with Gasteiger partial charge in [-0.2, -0.15) is 0 Å². The third-order valence-corrected chi connectivity index (χ3v) is 3.29. The monoisotopic (exact) mass is 333 g/mol. The molecule has 3 amide bonds. The van der Waals surface area contributed by atoms with Crippen LogP contribution in [0.15, 0.2) is 30.6 Å². The number of anilines is 2. The number of aromatic amines is 1. The van der Waals surface area contributed by atoms with Crippen LogP contribution in [0, 0.1) is 11.7 Å². The van der Waals surface area contributed by atoms with Crippen molar-refractivity contribution in [1.82, 2.24) is 14.9 Å². The second-order valence-corrected chi connectivity index (χ2v) is 5.66. The van der Waals surface area contributed by atoms with Crippen molar-refractivity contribution in [1.29, 1.82) is 0 Å². The first kappa shape index (κ1) is 17.5. The van der Waals surface area contributed by atoms with Gasteiger partial charge in [-0.1, -0.05) is 13.8 Å². The molecule has 128 valence electrons. The van der Waals surface area contributed by atoms with Crippen molar-refractivity contribution in [2.24, 2.45) is 5.92 Å². The smallest absolute Gasteiger partial charge is 0.321 e. The van der Waals surface area contributed by atoms with Gasteiger partial charge in [0.25, 0.3) is 0 Å². The Morgan fingerprint density at radius 1 is 1.33 bits per heavy atom. The van der Waals surface area contributed by atoms with E-state index in [0.717, 1.165) is 0 Å². The van der Waals surface area contributed by atoms with Crippen molar-refractivity contribution in [3.8, 4) is 0 Å². The molecule has 0 atom stereocenters. The minimum absolute atomic E-state index is 0.0280. The molecule has 0 unspecified atom stereocenters. The van der Waals surface area contributed by atoms with Crippen molar-refractivity contribution in [2.75, 3.05) is 17.7 Å². The zero-order chi connectivity index (χ0) is 17.7. The summed E-state index contributed by atoms with van der Waals surface area (Å²) in [5.41, 5.74) is 0.409. The van der Waals surface area contributed by atoms with Gasteiger partial charge in [-0.25, -0.2) is 14.2 Å². The van der Waals surface area contributed by atoms with E-state index in [0.29, 0.717) is 18.1 Å². The summed E-state index contributed by atoms with van der Waals surface area (Å²) >= 11 is 0. The average molecular weight is 333 g/mol. The van der Waals surface area contributed by atoms with E-state index in [-0.39, 0.29) is 23.5 Å². The molecule has 2 aromatic rings. The van der Waals surface area contributed by atoms with E-state index in [1.54, 1.807) is 33.3 Å². The summed E-state index contributed by atoms with van der Waals surface area (Å²) in [6.45, 7) is 3.72. The van der Waals surface area contributed by atoms with E-state index in [1.165, 1.54) is 23.1 Å². The number of rotatable bonds is 5. The van der Waals surface area contributed by atoms with Gasteiger partial charge in [-0.3, -0.25) is 4.79 Å². The number of urea groups is 1. The molecule has 1 aromatic heterocycles. The molecule has 3 N–H and O–H groups in total. The largest absolute Gasteiger partial charge is 0.347 e. The molecule has 8 heteroatoms. The van der Waals surface area contributed by atoms with E-state index in [4.69, 9.17) is 0 Å². The van der Waals surface area contributed by atoms with Gasteiger partial charge in [0.1, 0.15) is 11.6 Å². The lowest BCUT2D eigenvalue weighted by Gasteiger charge is -2.17. The second kappa shape index (κ2) is 7.58.